The van der Waals surface area contributed by atoms with Gasteiger partial charge in [-0.25, -0.2) is 8.51 Å². The summed E-state index contributed by atoms with van der Waals surface area (Å²) in [6, 6.07) is 4.74. The summed E-state index contributed by atoms with van der Waals surface area (Å²) in [7, 11) is 6.17. The van der Waals surface area contributed by atoms with Crippen molar-refractivity contribution in [1.82, 2.24) is 14.1 Å². The van der Waals surface area contributed by atoms with Crippen LogP contribution in [-0.4, -0.2) is 104 Å². The first-order valence-corrected chi connectivity index (χ1v) is 14.3. The molecule has 9 heteroatoms. The minimum Gasteiger partial charge on any atom is -0.497 e. The lowest BCUT2D eigenvalue weighted by Crippen LogP contribution is -2.44. The molecule has 0 radical (unpaired) electrons. The fraction of sp³-hybridized carbons (Fsp3) is 0.741. The highest BCUT2D eigenvalue weighted by Gasteiger charge is 2.29. The summed E-state index contributed by atoms with van der Waals surface area (Å²) in [5.74, 6) is 0.746. The second kappa shape index (κ2) is 13.9. The third-order valence-electron chi connectivity index (χ3n) is 7.41. The van der Waals surface area contributed by atoms with Gasteiger partial charge in [-0.15, -0.1) is 0 Å². The fourth-order valence-corrected chi connectivity index (χ4v) is 6.11. The normalized spacial score (nSPS) is 21.1. The van der Waals surface area contributed by atoms with Crippen LogP contribution in [-0.2, 0) is 25.3 Å². The van der Waals surface area contributed by atoms with Gasteiger partial charge in [-0.1, -0.05) is 0 Å². The molecule has 1 aromatic carbocycles. The molecule has 0 aromatic heterocycles. The molecule has 36 heavy (non-hydrogen) atoms. The maximum atomic E-state index is 13.1. The Labute approximate surface area is 219 Å². The summed E-state index contributed by atoms with van der Waals surface area (Å²) in [5, 5.41) is 0. The second-order valence-electron chi connectivity index (χ2n) is 10.3. The largest absolute Gasteiger partial charge is 0.497 e. The number of nitrogens with zero attached hydrogens (tertiary/aromatic N) is 3. The van der Waals surface area contributed by atoms with Gasteiger partial charge in [-0.3, -0.25) is 4.79 Å². The van der Waals surface area contributed by atoms with Crippen LogP contribution < -0.4 is 4.74 Å². The molecule has 8 nitrogen and oxygen atoms in total. The van der Waals surface area contributed by atoms with E-state index in [1.807, 2.05) is 37.9 Å². The van der Waals surface area contributed by atoms with Gasteiger partial charge in [0.25, 0.3) is 0 Å². The van der Waals surface area contributed by atoms with E-state index in [2.05, 4.69) is 11.9 Å². The Morgan fingerprint density at radius 1 is 1.00 bits per heavy atom. The Morgan fingerprint density at radius 3 is 2.33 bits per heavy atom. The first-order valence-electron chi connectivity index (χ1n) is 13.1. The van der Waals surface area contributed by atoms with Gasteiger partial charge < -0.3 is 24.0 Å². The fourth-order valence-electron chi connectivity index (χ4n) is 4.89. The van der Waals surface area contributed by atoms with Crippen molar-refractivity contribution < 1.29 is 23.2 Å². The summed E-state index contributed by atoms with van der Waals surface area (Å²) in [6.07, 6.45) is 6.89. The Morgan fingerprint density at radius 2 is 1.69 bits per heavy atom. The van der Waals surface area contributed by atoms with Crippen molar-refractivity contribution in [2.24, 2.45) is 0 Å². The lowest BCUT2D eigenvalue weighted by atomic mass is 9.92. The second-order valence-corrected chi connectivity index (χ2v) is 11.8. The summed E-state index contributed by atoms with van der Waals surface area (Å²) < 4.78 is 31.9. The SMILES string of the molecule is COc1cc(C)c(S(=O)N(C)CCOCC(=O)N(C)[C@@H]2CCC[C@H](OCCN(C)C3CC3)C2)c(C)c1. The Kier molecular flexibility index (Phi) is 11.2. The minimum absolute atomic E-state index is 0.0141. The zero-order chi connectivity index (χ0) is 26.2. The molecule has 204 valence electrons. The van der Waals surface area contributed by atoms with Crippen molar-refractivity contribution in [2.45, 2.75) is 75.5 Å². The quantitative estimate of drug-likeness (QED) is 0.349. The van der Waals surface area contributed by atoms with E-state index in [0.29, 0.717) is 13.2 Å². The average Bonchev–Trinajstić information content (AvgIpc) is 3.71. The number of ether oxygens (including phenoxy) is 3. The van der Waals surface area contributed by atoms with Crippen LogP contribution in [0.15, 0.2) is 17.0 Å². The smallest absolute Gasteiger partial charge is 0.248 e. The zero-order valence-electron chi connectivity index (χ0n) is 23.0. The Bertz CT molecular complexity index is 871. The Balaban J connectivity index is 1.36. The van der Waals surface area contributed by atoms with Crippen molar-refractivity contribution in [3.05, 3.63) is 23.3 Å². The number of carbonyl (C=O) groups is 1. The minimum atomic E-state index is -1.31. The number of hydrogen-bond donors (Lipinski definition) is 0. The number of benzene rings is 1. The lowest BCUT2D eigenvalue weighted by Gasteiger charge is -2.35. The standard InChI is InChI=1S/C27H45N3O5S/c1-20-16-25(33-6)17-21(2)27(20)36(32)29(4)13-14-34-19-26(31)30(5)23-8-7-9-24(18-23)35-15-12-28(3)22-10-11-22/h16-17,22-24H,7-15,18-19H2,1-6H3/t23-,24+,36?/m1/s1. The number of carbonyl (C=O) groups excluding carboxylic acids is 1. The molecule has 2 saturated carbocycles. The monoisotopic (exact) mass is 523 g/mol. The average molecular weight is 524 g/mol. The summed E-state index contributed by atoms with van der Waals surface area (Å²) >= 11 is 0. The maximum Gasteiger partial charge on any atom is 0.248 e. The first kappa shape index (κ1) is 29.0. The van der Waals surface area contributed by atoms with Crippen LogP contribution in [0.5, 0.6) is 5.75 Å². The van der Waals surface area contributed by atoms with Gasteiger partial charge >= 0.3 is 0 Å². The number of rotatable bonds is 14. The van der Waals surface area contributed by atoms with Gasteiger partial charge in [0, 0.05) is 39.3 Å². The third kappa shape index (κ3) is 8.25. The van der Waals surface area contributed by atoms with Crippen LogP contribution in [0.1, 0.15) is 49.7 Å². The third-order valence-corrected chi connectivity index (χ3v) is 9.15. The van der Waals surface area contributed by atoms with E-state index >= 15 is 0 Å². The van der Waals surface area contributed by atoms with E-state index < -0.39 is 11.0 Å². The number of amides is 1. The predicted molar refractivity (Wildman–Crippen MR) is 143 cm³/mol. The van der Waals surface area contributed by atoms with E-state index in [0.717, 1.165) is 66.6 Å². The highest BCUT2D eigenvalue weighted by Crippen LogP contribution is 2.27. The number of aryl methyl sites for hydroxylation is 2. The lowest BCUT2D eigenvalue weighted by molar-refractivity contribution is -0.138. The molecule has 0 heterocycles. The molecule has 0 aliphatic heterocycles. The van der Waals surface area contributed by atoms with E-state index in [4.69, 9.17) is 14.2 Å². The van der Waals surface area contributed by atoms with Crippen LogP contribution in [0.25, 0.3) is 0 Å². The van der Waals surface area contributed by atoms with Crippen molar-refractivity contribution in [1.29, 1.82) is 0 Å². The van der Waals surface area contributed by atoms with Gasteiger partial charge in [-0.2, -0.15) is 0 Å². The zero-order valence-corrected chi connectivity index (χ0v) is 23.8. The predicted octanol–water partition coefficient (Wildman–Crippen LogP) is 3.16. The Hall–Kier alpha value is -1.52. The van der Waals surface area contributed by atoms with Crippen LogP contribution >= 0.6 is 0 Å². The maximum absolute atomic E-state index is 13.1. The molecule has 0 spiro atoms. The molecule has 0 N–H and O–H groups in total. The van der Waals surface area contributed by atoms with E-state index in [1.165, 1.54) is 12.8 Å². The van der Waals surface area contributed by atoms with Crippen LogP contribution in [0.2, 0.25) is 0 Å². The molecule has 1 amide bonds. The summed E-state index contributed by atoms with van der Waals surface area (Å²) in [4.78, 5) is 17.8. The highest BCUT2D eigenvalue weighted by atomic mass is 32.2. The number of methoxy groups -OCH3 is 1. The molecule has 3 rings (SSSR count). The summed E-state index contributed by atoms with van der Waals surface area (Å²) in [5.41, 5.74) is 1.86. The molecule has 2 aliphatic rings. The van der Waals surface area contributed by atoms with Gasteiger partial charge in [-0.05, 0) is 82.7 Å². The number of hydrogen-bond acceptors (Lipinski definition) is 6. The highest BCUT2D eigenvalue weighted by molar-refractivity contribution is 7.82. The van der Waals surface area contributed by atoms with Gasteiger partial charge in [0.05, 0.1) is 31.3 Å². The van der Waals surface area contributed by atoms with Crippen molar-refractivity contribution in [2.75, 3.05) is 61.2 Å². The van der Waals surface area contributed by atoms with E-state index in [1.54, 1.807) is 18.5 Å². The molecular formula is C27H45N3O5S. The molecule has 0 saturated heterocycles. The van der Waals surface area contributed by atoms with Crippen molar-refractivity contribution in [3.8, 4) is 5.75 Å². The molecule has 1 aromatic rings. The molecule has 2 fully saturated rings. The summed E-state index contributed by atoms with van der Waals surface area (Å²) in [6.45, 7) is 6.45. The molecular weight excluding hydrogens is 478 g/mol. The molecule has 2 aliphatic carbocycles. The molecule has 0 bridgehead atoms. The van der Waals surface area contributed by atoms with Gasteiger partial charge in [0.1, 0.15) is 23.3 Å². The van der Waals surface area contributed by atoms with Gasteiger partial charge in [0.15, 0.2) is 0 Å². The van der Waals surface area contributed by atoms with Crippen molar-refractivity contribution >= 4 is 16.9 Å². The topological polar surface area (TPSA) is 71.5 Å². The van der Waals surface area contributed by atoms with Crippen LogP contribution in [0.4, 0.5) is 0 Å². The van der Waals surface area contributed by atoms with E-state index in [9.17, 15) is 9.00 Å². The molecule has 1 unspecified atom stereocenters. The molecule has 3 atom stereocenters. The van der Waals surface area contributed by atoms with Crippen LogP contribution in [0.3, 0.4) is 0 Å². The van der Waals surface area contributed by atoms with Crippen molar-refractivity contribution in [3.63, 3.8) is 0 Å². The van der Waals surface area contributed by atoms with Crippen LogP contribution in [0, 0.1) is 13.8 Å². The van der Waals surface area contributed by atoms with Gasteiger partial charge in [0.2, 0.25) is 5.91 Å². The first-order chi connectivity index (χ1) is 17.2. The number of likely N-dealkylation sites (N-methyl/N-ethyl adjacent to an activating group) is 3. The van der Waals surface area contributed by atoms with E-state index in [-0.39, 0.29) is 24.7 Å².